The van der Waals surface area contributed by atoms with Crippen LogP contribution in [0, 0.1) is 0 Å². The number of hydrogen-bond acceptors (Lipinski definition) is 2. The Balaban J connectivity index is 2.73. The van der Waals surface area contributed by atoms with E-state index in [0.29, 0.717) is 6.04 Å². The standard InChI is InChI=1S/C16H27NO/c1-6-13(17-7-2)12-18-15-11-9-8-10-14(15)16(3,4)5/h8-11,13,17H,6-7,12H2,1-5H3. The van der Waals surface area contributed by atoms with Gasteiger partial charge in [0.05, 0.1) is 0 Å². The molecule has 2 heteroatoms. The van der Waals surface area contributed by atoms with E-state index in [-0.39, 0.29) is 5.41 Å². The fraction of sp³-hybridized carbons (Fsp3) is 0.625. The summed E-state index contributed by atoms with van der Waals surface area (Å²) in [7, 11) is 0. The van der Waals surface area contributed by atoms with E-state index in [1.807, 2.05) is 6.07 Å². The summed E-state index contributed by atoms with van der Waals surface area (Å²) in [6, 6.07) is 8.78. The molecule has 2 nitrogen and oxygen atoms in total. The van der Waals surface area contributed by atoms with Crippen LogP contribution in [0.25, 0.3) is 0 Å². The molecular formula is C16H27NO. The van der Waals surface area contributed by atoms with Crippen molar-refractivity contribution in [2.75, 3.05) is 13.2 Å². The van der Waals surface area contributed by atoms with Crippen LogP contribution in [0.3, 0.4) is 0 Å². The van der Waals surface area contributed by atoms with Crippen molar-refractivity contribution < 1.29 is 4.74 Å². The molecule has 1 N–H and O–H groups in total. The molecule has 0 spiro atoms. The molecule has 0 aliphatic carbocycles. The van der Waals surface area contributed by atoms with E-state index in [9.17, 15) is 0 Å². The Morgan fingerprint density at radius 1 is 1.17 bits per heavy atom. The van der Waals surface area contributed by atoms with Crippen molar-refractivity contribution >= 4 is 0 Å². The third-order valence-corrected chi connectivity index (χ3v) is 3.12. The number of para-hydroxylation sites is 1. The van der Waals surface area contributed by atoms with Gasteiger partial charge in [-0.2, -0.15) is 0 Å². The van der Waals surface area contributed by atoms with Gasteiger partial charge in [-0.15, -0.1) is 0 Å². The Kier molecular flexibility index (Phi) is 5.67. The normalized spacial score (nSPS) is 13.4. The Bertz CT molecular complexity index is 354. The maximum absolute atomic E-state index is 6.01. The fourth-order valence-corrected chi connectivity index (χ4v) is 2.01. The summed E-state index contributed by atoms with van der Waals surface area (Å²) in [6.45, 7) is 12.7. The van der Waals surface area contributed by atoms with E-state index >= 15 is 0 Å². The predicted octanol–water partition coefficient (Wildman–Crippen LogP) is 3.75. The monoisotopic (exact) mass is 249 g/mol. The summed E-state index contributed by atoms with van der Waals surface area (Å²) in [5, 5.41) is 3.44. The lowest BCUT2D eigenvalue weighted by molar-refractivity contribution is 0.257. The third kappa shape index (κ3) is 4.34. The lowest BCUT2D eigenvalue weighted by Crippen LogP contribution is -2.34. The average molecular weight is 249 g/mol. The molecule has 102 valence electrons. The van der Waals surface area contributed by atoms with Crippen molar-refractivity contribution in [2.45, 2.75) is 52.5 Å². The summed E-state index contributed by atoms with van der Waals surface area (Å²) < 4.78 is 6.01. The third-order valence-electron chi connectivity index (χ3n) is 3.12. The van der Waals surface area contributed by atoms with Gasteiger partial charge in [-0.25, -0.2) is 0 Å². The van der Waals surface area contributed by atoms with Crippen LogP contribution in [-0.4, -0.2) is 19.2 Å². The van der Waals surface area contributed by atoms with Gasteiger partial charge >= 0.3 is 0 Å². The number of rotatable bonds is 6. The Hall–Kier alpha value is -1.02. The summed E-state index contributed by atoms with van der Waals surface area (Å²) >= 11 is 0. The van der Waals surface area contributed by atoms with Crippen LogP contribution in [0.4, 0.5) is 0 Å². The molecule has 18 heavy (non-hydrogen) atoms. The molecule has 1 aromatic carbocycles. The first kappa shape index (κ1) is 15.0. The SMILES string of the molecule is CCNC(CC)COc1ccccc1C(C)(C)C. The van der Waals surface area contributed by atoms with Gasteiger partial charge in [-0.05, 0) is 30.0 Å². The van der Waals surface area contributed by atoms with E-state index in [4.69, 9.17) is 4.74 Å². The van der Waals surface area contributed by atoms with Gasteiger partial charge in [0.1, 0.15) is 12.4 Å². The van der Waals surface area contributed by atoms with Gasteiger partial charge in [0.25, 0.3) is 0 Å². The maximum atomic E-state index is 6.01. The second-order valence-electron chi connectivity index (χ2n) is 5.72. The molecule has 1 unspecified atom stereocenters. The smallest absolute Gasteiger partial charge is 0.123 e. The van der Waals surface area contributed by atoms with Crippen LogP contribution in [0.5, 0.6) is 5.75 Å². The predicted molar refractivity (Wildman–Crippen MR) is 78.4 cm³/mol. The molecule has 0 aromatic heterocycles. The molecular weight excluding hydrogens is 222 g/mol. The van der Waals surface area contributed by atoms with E-state index in [1.165, 1.54) is 5.56 Å². The number of benzene rings is 1. The van der Waals surface area contributed by atoms with Crippen molar-refractivity contribution in [1.82, 2.24) is 5.32 Å². The Morgan fingerprint density at radius 3 is 2.39 bits per heavy atom. The summed E-state index contributed by atoms with van der Waals surface area (Å²) in [6.07, 6.45) is 1.09. The van der Waals surface area contributed by atoms with Crippen LogP contribution in [-0.2, 0) is 5.41 Å². The minimum absolute atomic E-state index is 0.122. The highest BCUT2D eigenvalue weighted by molar-refractivity contribution is 5.38. The molecule has 0 saturated heterocycles. The van der Waals surface area contributed by atoms with Crippen molar-refractivity contribution in [1.29, 1.82) is 0 Å². The quantitative estimate of drug-likeness (QED) is 0.829. The average Bonchev–Trinajstić information content (AvgIpc) is 2.33. The first-order chi connectivity index (χ1) is 8.49. The second kappa shape index (κ2) is 6.79. The molecule has 0 bridgehead atoms. The van der Waals surface area contributed by atoms with Gasteiger partial charge in [0.2, 0.25) is 0 Å². The molecule has 0 aliphatic rings. The molecule has 0 fully saturated rings. The van der Waals surface area contributed by atoms with Crippen LogP contribution in [0.15, 0.2) is 24.3 Å². The Labute approximate surface area is 112 Å². The minimum atomic E-state index is 0.122. The van der Waals surface area contributed by atoms with E-state index in [0.717, 1.165) is 25.3 Å². The number of ether oxygens (including phenoxy) is 1. The number of likely N-dealkylation sites (N-methyl/N-ethyl adjacent to an activating group) is 1. The van der Waals surface area contributed by atoms with Crippen molar-refractivity contribution in [3.05, 3.63) is 29.8 Å². The molecule has 0 aliphatic heterocycles. The molecule has 1 atom stereocenters. The summed E-state index contributed by atoms with van der Waals surface area (Å²) in [5.74, 6) is 1.02. The lowest BCUT2D eigenvalue weighted by atomic mass is 9.86. The first-order valence-electron chi connectivity index (χ1n) is 6.94. The Morgan fingerprint density at radius 2 is 1.83 bits per heavy atom. The van der Waals surface area contributed by atoms with Crippen LogP contribution in [0.1, 0.15) is 46.6 Å². The van der Waals surface area contributed by atoms with E-state index in [2.05, 4.69) is 58.1 Å². The van der Waals surface area contributed by atoms with Crippen molar-refractivity contribution in [3.8, 4) is 5.75 Å². The van der Waals surface area contributed by atoms with Gasteiger partial charge in [-0.1, -0.05) is 52.8 Å². The number of nitrogens with one attached hydrogen (secondary N) is 1. The highest BCUT2D eigenvalue weighted by atomic mass is 16.5. The largest absolute Gasteiger partial charge is 0.492 e. The molecule has 0 heterocycles. The summed E-state index contributed by atoms with van der Waals surface area (Å²) in [5.41, 5.74) is 1.40. The molecule has 0 radical (unpaired) electrons. The molecule has 1 aromatic rings. The van der Waals surface area contributed by atoms with Crippen molar-refractivity contribution in [2.24, 2.45) is 0 Å². The van der Waals surface area contributed by atoms with Crippen LogP contribution in [0.2, 0.25) is 0 Å². The van der Waals surface area contributed by atoms with Crippen LogP contribution < -0.4 is 10.1 Å². The van der Waals surface area contributed by atoms with Crippen LogP contribution >= 0.6 is 0 Å². The lowest BCUT2D eigenvalue weighted by Gasteiger charge is -2.24. The maximum Gasteiger partial charge on any atom is 0.123 e. The zero-order chi connectivity index (χ0) is 13.6. The van der Waals surface area contributed by atoms with E-state index in [1.54, 1.807) is 0 Å². The molecule has 0 saturated carbocycles. The highest BCUT2D eigenvalue weighted by Crippen LogP contribution is 2.30. The zero-order valence-electron chi connectivity index (χ0n) is 12.4. The summed E-state index contributed by atoms with van der Waals surface area (Å²) in [4.78, 5) is 0. The second-order valence-corrected chi connectivity index (χ2v) is 5.72. The number of hydrogen-bond donors (Lipinski definition) is 1. The zero-order valence-corrected chi connectivity index (χ0v) is 12.4. The molecule has 0 amide bonds. The van der Waals surface area contributed by atoms with Gasteiger partial charge in [0.15, 0.2) is 0 Å². The first-order valence-corrected chi connectivity index (χ1v) is 6.94. The highest BCUT2D eigenvalue weighted by Gasteiger charge is 2.18. The minimum Gasteiger partial charge on any atom is -0.492 e. The molecule has 1 rings (SSSR count). The van der Waals surface area contributed by atoms with Crippen molar-refractivity contribution in [3.63, 3.8) is 0 Å². The fourth-order valence-electron chi connectivity index (χ4n) is 2.01. The topological polar surface area (TPSA) is 21.3 Å². The van der Waals surface area contributed by atoms with E-state index < -0.39 is 0 Å². The van der Waals surface area contributed by atoms with Gasteiger partial charge in [0, 0.05) is 6.04 Å². The van der Waals surface area contributed by atoms with Gasteiger partial charge < -0.3 is 10.1 Å². The van der Waals surface area contributed by atoms with Gasteiger partial charge in [-0.3, -0.25) is 0 Å².